The van der Waals surface area contributed by atoms with Gasteiger partial charge >= 0.3 is 6.03 Å². The van der Waals surface area contributed by atoms with Crippen LogP contribution in [0.25, 0.3) is 11.0 Å². The largest absolute Gasteiger partial charge is 0.326 e. The van der Waals surface area contributed by atoms with Gasteiger partial charge < -0.3 is 9.88 Å². The van der Waals surface area contributed by atoms with E-state index in [2.05, 4.69) is 27.8 Å². The quantitative estimate of drug-likeness (QED) is 0.239. The molecule has 2 saturated heterocycles. The number of nitrogens with one attached hydrogen (secondary N) is 1. The summed E-state index contributed by atoms with van der Waals surface area (Å²) >= 11 is 6.02. The highest BCUT2D eigenvalue weighted by Gasteiger charge is 2.41. The second-order valence-corrected chi connectivity index (χ2v) is 13.0. The fraction of sp³-hybridized carbons (Fsp3) is 0.375. The van der Waals surface area contributed by atoms with Crippen LogP contribution >= 0.6 is 11.6 Å². The molecule has 1 N–H and O–H groups in total. The number of anilines is 2. The van der Waals surface area contributed by atoms with E-state index in [1.54, 1.807) is 18.4 Å². The van der Waals surface area contributed by atoms with Gasteiger partial charge in [-0.05, 0) is 93.6 Å². The summed E-state index contributed by atoms with van der Waals surface area (Å²) in [6.45, 7) is 3.69. The highest BCUT2D eigenvalue weighted by atomic mass is 35.5. The number of hydrogen-bond donors (Lipinski definition) is 1. The van der Waals surface area contributed by atoms with E-state index >= 15 is 0 Å². The number of amides is 2. The number of imidazole rings is 1. The molecule has 2 bridgehead atoms. The monoisotopic (exact) mass is 589 g/mol. The number of para-hydroxylation sites is 1. The maximum Gasteiger partial charge on any atom is 0.326 e. The molecule has 2 aliphatic heterocycles. The third kappa shape index (κ3) is 5.92. The highest BCUT2D eigenvalue weighted by Crippen LogP contribution is 2.42. The number of hydrogen-bond acceptors (Lipinski definition) is 4. The van der Waals surface area contributed by atoms with Gasteiger partial charge in [0.05, 0.1) is 11.0 Å². The van der Waals surface area contributed by atoms with Crippen molar-refractivity contribution >= 4 is 50.8 Å². The Morgan fingerprint density at radius 3 is 2.41 bits per heavy atom. The molecule has 9 heteroatoms. The molecule has 214 valence electrons. The highest BCUT2D eigenvalue weighted by molar-refractivity contribution is 7.84. The Labute approximate surface area is 249 Å². The first-order valence-electron chi connectivity index (χ1n) is 14.3. The van der Waals surface area contributed by atoms with Crippen molar-refractivity contribution < 1.29 is 9.00 Å². The van der Waals surface area contributed by atoms with E-state index in [-0.39, 0.29) is 6.03 Å². The Bertz CT molecular complexity index is 1540. The second kappa shape index (κ2) is 12.0. The molecule has 4 aromatic rings. The summed E-state index contributed by atoms with van der Waals surface area (Å²) in [6, 6.07) is 24.4. The van der Waals surface area contributed by atoms with Crippen LogP contribution in [-0.2, 0) is 10.8 Å². The summed E-state index contributed by atoms with van der Waals surface area (Å²) in [6.07, 6.45) is 7.23. The van der Waals surface area contributed by atoms with Gasteiger partial charge in [0, 0.05) is 69.6 Å². The fourth-order valence-corrected chi connectivity index (χ4v) is 7.41. The van der Waals surface area contributed by atoms with Gasteiger partial charge in [0.25, 0.3) is 0 Å². The number of carbonyl (C=O) groups is 1. The molecule has 3 aromatic carbocycles. The van der Waals surface area contributed by atoms with Crippen molar-refractivity contribution in [3.63, 3.8) is 0 Å². The van der Waals surface area contributed by atoms with E-state index in [0.717, 1.165) is 58.9 Å². The molecule has 3 heterocycles. The van der Waals surface area contributed by atoms with E-state index in [0.29, 0.717) is 29.7 Å². The number of urea groups is 1. The van der Waals surface area contributed by atoms with E-state index in [1.165, 1.54) is 12.8 Å². The summed E-state index contributed by atoms with van der Waals surface area (Å²) in [4.78, 5) is 23.5. The molecule has 2 fully saturated rings. The van der Waals surface area contributed by atoms with Crippen molar-refractivity contribution in [1.29, 1.82) is 0 Å². The summed E-state index contributed by atoms with van der Waals surface area (Å²) in [5.41, 5.74) is 3.68. The molecule has 2 aliphatic rings. The van der Waals surface area contributed by atoms with Crippen LogP contribution < -0.4 is 10.2 Å². The van der Waals surface area contributed by atoms with Crippen LogP contribution in [0.2, 0.25) is 5.02 Å². The number of rotatable bonds is 8. The summed E-state index contributed by atoms with van der Waals surface area (Å²) < 4.78 is 14.4. The van der Waals surface area contributed by atoms with Gasteiger partial charge in [-0.25, -0.2) is 9.78 Å². The Morgan fingerprint density at radius 1 is 1.02 bits per heavy atom. The van der Waals surface area contributed by atoms with Crippen molar-refractivity contribution in [1.82, 2.24) is 14.5 Å². The number of aryl methyl sites for hydroxylation is 1. The summed E-state index contributed by atoms with van der Waals surface area (Å²) in [7, 11) is -1.02. The van der Waals surface area contributed by atoms with E-state index in [1.807, 2.05) is 59.5 Å². The molecule has 0 radical (unpaired) electrons. The smallest absolute Gasteiger partial charge is 0.325 e. The Kier molecular flexibility index (Phi) is 8.15. The molecule has 0 aliphatic carbocycles. The molecular formula is C32H36ClN5O2S. The summed E-state index contributed by atoms with van der Waals surface area (Å²) in [5, 5.41) is 3.67. The van der Waals surface area contributed by atoms with Crippen molar-refractivity contribution in [2.45, 2.75) is 62.0 Å². The predicted molar refractivity (Wildman–Crippen MR) is 167 cm³/mol. The minimum absolute atomic E-state index is 0.141. The molecule has 0 spiro atoms. The Morgan fingerprint density at radius 2 is 1.73 bits per heavy atom. The zero-order chi connectivity index (χ0) is 28.5. The minimum atomic E-state index is -1.02. The van der Waals surface area contributed by atoms with Crippen molar-refractivity contribution in [3.8, 4) is 0 Å². The number of halogens is 1. The molecule has 2 amide bonds. The maximum absolute atomic E-state index is 13.3. The van der Waals surface area contributed by atoms with Crippen LogP contribution in [0, 0.1) is 6.92 Å². The van der Waals surface area contributed by atoms with E-state index in [9.17, 15) is 9.00 Å². The van der Waals surface area contributed by atoms with Gasteiger partial charge in [0.15, 0.2) is 0 Å². The normalized spacial score (nSPS) is 21.2. The topological polar surface area (TPSA) is 70.5 Å². The molecule has 4 atom stereocenters. The lowest BCUT2D eigenvalue weighted by Crippen LogP contribution is -2.45. The van der Waals surface area contributed by atoms with Crippen molar-refractivity contribution in [3.05, 3.63) is 83.6 Å². The van der Waals surface area contributed by atoms with Crippen LogP contribution in [0.1, 0.15) is 44.0 Å². The van der Waals surface area contributed by atoms with E-state index < -0.39 is 10.8 Å². The molecule has 1 aromatic heterocycles. The molecule has 7 nitrogen and oxygen atoms in total. The zero-order valence-electron chi connectivity index (χ0n) is 23.5. The molecule has 2 unspecified atom stereocenters. The maximum atomic E-state index is 13.3. The molecule has 6 rings (SSSR count). The molecule has 41 heavy (non-hydrogen) atoms. The number of nitrogens with zero attached hydrogens (tertiary/aromatic N) is 4. The second-order valence-electron chi connectivity index (χ2n) is 11.2. The van der Waals surface area contributed by atoms with Gasteiger partial charge in [-0.1, -0.05) is 29.8 Å². The van der Waals surface area contributed by atoms with Crippen molar-refractivity contribution in [2.24, 2.45) is 0 Å². The molecule has 0 saturated carbocycles. The Hall–Kier alpha value is -3.20. The van der Waals surface area contributed by atoms with Crippen LogP contribution in [0.5, 0.6) is 0 Å². The van der Waals surface area contributed by atoms with Crippen molar-refractivity contribution in [2.75, 3.05) is 29.6 Å². The average Bonchev–Trinajstić information content (AvgIpc) is 3.42. The lowest BCUT2D eigenvalue weighted by atomic mass is 9.96. The van der Waals surface area contributed by atoms with Crippen LogP contribution in [0.15, 0.2) is 77.7 Å². The lowest BCUT2D eigenvalue weighted by Gasteiger charge is -2.40. The number of aromatic nitrogens is 2. The third-order valence-corrected chi connectivity index (χ3v) is 9.77. The zero-order valence-corrected chi connectivity index (χ0v) is 25.1. The molecular weight excluding hydrogens is 554 g/mol. The first kappa shape index (κ1) is 27.9. The third-order valence-electron chi connectivity index (χ3n) is 8.60. The van der Waals surface area contributed by atoms with Crippen LogP contribution in [0.3, 0.4) is 0 Å². The van der Waals surface area contributed by atoms with Crippen LogP contribution in [-0.4, -0.2) is 56.1 Å². The van der Waals surface area contributed by atoms with Gasteiger partial charge in [0.1, 0.15) is 5.82 Å². The average molecular weight is 590 g/mol. The van der Waals surface area contributed by atoms with Crippen LogP contribution in [0.4, 0.5) is 16.2 Å². The number of benzene rings is 3. The van der Waals surface area contributed by atoms with Gasteiger partial charge in [-0.2, -0.15) is 0 Å². The SMILES string of the molecule is Cc1nc2cc(S(C)=O)ccc2n1C1C[C@H]2CC[C@@H](C1)N2CCCN(C(=O)Nc1ccc(Cl)cc1)c1ccccc1. The Balaban J connectivity index is 1.12. The van der Waals surface area contributed by atoms with E-state index in [4.69, 9.17) is 16.6 Å². The number of piperidine rings is 1. The van der Waals surface area contributed by atoms with Gasteiger partial charge in [0.2, 0.25) is 0 Å². The fourth-order valence-electron chi connectivity index (χ4n) is 6.75. The minimum Gasteiger partial charge on any atom is -0.325 e. The van der Waals surface area contributed by atoms with Gasteiger partial charge in [-0.3, -0.25) is 14.0 Å². The first-order valence-corrected chi connectivity index (χ1v) is 16.3. The summed E-state index contributed by atoms with van der Waals surface area (Å²) in [5.74, 6) is 1.03. The standard InChI is InChI=1S/C32H36ClN5O2S/c1-22-34-30-21-29(41(2)40)15-16-31(30)38(22)28-19-26-13-14-27(20-28)36(26)17-6-18-37(25-7-4-3-5-8-25)32(39)35-24-11-9-23(33)10-12-24/h3-5,7-12,15-16,21,26-28H,6,13-14,17-20H2,1-2H3,(H,35,39)/t26-,27+,28?,41?. The lowest BCUT2D eigenvalue weighted by molar-refractivity contribution is 0.107. The van der Waals surface area contributed by atoms with Gasteiger partial charge in [-0.15, -0.1) is 0 Å². The predicted octanol–water partition coefficient (Wildman–Crippen LogP) is 7.03. The number of carbonyl (C=O) groups excluding carboxylic acids is 1. The number of fused-ring (bicyclic) bond motifs is 3. The first-order chi connectivity index (χ1) is 19.9.